The zero-order valence-electron chi connectivity index (χ0n) is 12.7. The van der Waals surface area contributed by atoms with Gasteiger partial charge in [0, 0.05) is 16.1 Å². The number of halogens is 2. The molecule has 0 saturated heterocycles. The third-order valence-corrected chi connectivity index (χ3v) is 5.14. The van der Waals surface area contributed by atoms with Crippen LogP contribution in [0.25, 0.3) is 0 Å². The van der Waals surface area contributed by atoms with E-state index in [1.165, 1.54) is 12.1 Å². The molecule has 0 heterocycles. The predicted molar refractivity (Wildman–Crippen MR) is 85.9 cm³/mol. The molecule has 114 valence electrons. The molecule has 0 radical (unpaired) electrons. The Hall–Kier alpha value is -0.490. The van der Waals surface area contributed by atoms with Gasteiger partial charge in [0.1, 0.15) is 5.82 Å². The van der Waals surface area contributed by atoms with E-state index in [0.717, 1.165) is 29.3 Å². The average molecular weight is 346 g/mol. The van der Waals surface area contributed by atoms with E-state index in [4.69, 9.17) is 5.84 Å². The Morgan fingerprint density at radius 1 is 1.35 bits per heavy atom. The normalized spacial score (nSPS) is 13.8. The van der Waals surface area contributed by atoms with Crippen LogP contribution in [0.3, 0.4) is 0 Å². The lowest BCUT2D eigenvalue weighted by Gasteiger charge is -2.45. The van der Waals surface area contributed by atoms with E-state index in [0.29, 0.717) is 0 Å². The van der Waals surface area contributed by atoms with Gasteiger partial charge in [-0.15, -0.1) is 0 Å². The van der Waals surface area contributed by atoms with Crippen LogP contribution in [0.2, 0.25) is 0 Å². The highest BCUT2D eigenvalue weighted by molar-refractivity contribution is 9.10. The summed E-state index contributed by atoms with van der Waals surface area (Å²) < 4.78 is 14.0. The fourth-order valence-corrected chi connectivity index (χ4v) is 3.51. The van der Waals surface area contributed by atoms with E-state index in [-0.39, 0.29) is 17.4 Å². The highest BCUT2D eigenvalue weighted by Crippen LogP contribution is 2.29. The van der Waals surface area contributed by atoms with E-state index >= 15 is 0 Å². The minimum Gasteiger partial charge on any atom is -0.302 e. The van der Waals surface area contributed by atoms with E-state index in [2.05, 4.69) is 54.2 Å². The van der Waals surface area contributed by atoms with Gasteiger partial charge in [0.15, 0.2) is 0 Å². The van der Waals surface area contributed by atoms with E-state index < -0.39 is 0 Å². The first-order valence-electron chi connectivity index (χ1n) is 6.98. The molecule has 0 amide bonds. The van der Waals surface area contributed by atoms with Gasteiger partial charge in [-0.1, -0.05) is 35.8 Å². The monoisotopic (exact) mass is 345 g/mol. The number of nitrogens with one attached hydrogen (secondary N) is 1. The molecule has 5 heteroatoms. The molecule has 1 rings (SSSR count). The fourth-order valence-electron chi connectivity index (χ4n) is 3.00. The van der Waals surface area contributed by atoms with Crippen molar-refractivity contribution in [1.82, 2.24) is 10.3 Å². The third-order valence-electron chi connectivity index (χ3n) is 4.40. The molecule has 20 heavy (non-hydrogen) atoms. The molecule has 3 nitrogen and oxygen atoms in total. The second-order valence-electron chi connectivity index (χ2n) is 5.36. The molecule has 0 bridgehead atoms. The van der Waals surface area contributed by atoms with E-state index in [1.54, 1.807) is 0 Å². The van der Waals surface area contributed by atoms with E-state index in [1.807, 2.05) is 6.07 Å². The standard InChI is InChI=1S/C15H25BrFN3/c1-5-15(6-2,20(3)4)14(19-18)9-11-7-8-12(17)10-13(11)16/h7-8,10,14,19H,5-6,9,18H2,1-4H3. The molecular weight excluding hydrogens is 321 g/mol. The highest BCUT2D eigenvalue weighted by atomic mass is 79.9. The number of benzene rings is 1. The Bertz CT molecular complexity index is 433. The molecule has 1 aromatic carbocycles. The minimum absolute atomic E-state index is 0.0252. The van der Waals surface area contributed by atoms with Gasteiger partial charge >= 0.3 is 0 Å². The summed E-state index contributed by atoms with van der Waals surface area (Å²) in [4.78, 5) is 2.23. The number of rotatable bonds is 7. The summed E-state index contributed by atoms with van der Waals surface area (Å²) in [6.45, 7) is 4.35. The maximum Gasteiger partial charge on any atom is 0.124 e. The van der Waals surface area contributed by atoms with Crippen LogP contribution in [0.1, 0.15) is 32.3 Å². The van der Waals surface area contributed by atoms with Crippen molar-refractivity contribution in [3.63, 3.8) is 0 Å². The summed E-state index contributed by atoms with van der Waals surface area (Å²) in [6, 6.07) is 4.89. The van der Waals surface area contributed by atoms with Crippen molar-refractivity contribution in [3.8, 4) is 0 Å². The van der Waals surface area contributed by atoms with Gasteiger partial charge in [-0.25, -0.2) is 4.39 Å². The molecule has 0 aliphatic carbocycles. The Labute approximate surface area is 129 Å². The average Bonchev–Trinajstić information content (AvgIpc) is 2.41. The molecule has 1 atom stereocenters. The lowest BCUT2D eigenvalue weighted by Crippen LogP contribution is -2.61. The van der Waals surface area contributed by atoms with Crippen LogP contribution >= 0.6 is 15.9 Å². The van der Waals surface area contributed by atoms with Gasteiger partial charge in [0.05, 0.1) is 0 Å². The summed E-state index contributed by atoms with van der Waals surface area (Å²) in [7, 11) is 4.16. The second-order valence-corrected chi connectivity index (χ2v) is 6.22. The first kappa shape index (κ1) is 17.6. The van der Waals surface area contributed by atoms with Gasteiger partial charge < -0.3 is 4.90 Å². The summed E-state index contributed by atoms with van der Waals surface area (Å²) in [5.41, 5.74) is 3.99. The van der Waals surface area contributed by atoms with Gasteiger partial charge in [-0.3, -0.25) is 11.3 Å². The highest BCUT2D eigenvalue weighted by Gasteiger charge is 2.37. The number of hydrogen-bond donors (Lipinski definition) is 2. The van der Waals surface area contributed by atoms with Crippen molar-refractivity contribution in [2.75, 3.05) is 14.1 Å². The van der Waals surface area contributed by atoms with Crippen molar-refractivity contribution >= 4 is 15.9 Å². The van der Waals surface area contributed by atoms with Crippen LogP contribution in [0, 0.1) is 5.82 Å². The third kappa shape index (κ3) is 3.58. The number of hydrogen-bond acceptors (Lipinski definition) is 3. The van der Waals surface area contributed by atoms with Crippen LogP contribution < -0.4 is 11.3 Å². The van der Waals surface area contributed by atoms with Gasteiger partial charge in [-0.2, -0.15) is 0 Å². The van der Waals surface area contributed by atoms with E-state index in [9.17, 15) is 4.39 Å². The number of hydrazine groups is 1. The lowest BCUT2D eigenvalue weighted by atomic mass is 9.80. The molecule has 1 aromatic rings. The van der Waals surface area contributed by atoms with Crippen LogP contribution in [0.15, 0.2) is 22.7 Å². The lowest BCUT2D eigenvalue weighted by molar-refractivity contribution is 0.0881. The quantitative estimate of drug-likeness (QED) is 0.589. The van der Waals surface area contributed by atoms with Crippen molar-refractivity contribution in [2.24, 2.45) is 5.84 Å². The zero-order chi connectivity index (χ0) is 15.3. The van der Waals surface area contributed by atoms with Crippen molar-refractivity contribution < 1.29 is 4.39 Å². The molecule has 0 saturated carbocycles. The maximum atomic E-state index is 13.2. The Morgan fingerprint density at radius 3 is 2.35 bits per heavy atom. The molecule has 0 aromatic heterocycles. The molecule has 1 unspecified atom stereocenters. The summed E-state index contributed by atoms with van der Waals surface area (Å²) >= 11 is 3.43. The van der Waals surface area contributed by atoms with Crippen LogP contribution in [0.4, 0.5) is 4.39 Å². The van der Waals surface area contributed by atoms with Crippen molar-refractivity contribution in [2.45, 2.75) is 44.7 Å². The van der Waals surface area contributed by atoms with Crippen molar-refractivity contribution in [3.05, 3.63) is 34.1 Å². The topological polar surface area (TPSA) is 41.3 Å². The van der Waals surface area contributed by atoms with Gasteiger partial charge in [0.25, 0.3) is 0 Å². The molecule has 0 aliphatic heterocycles. The maximum absolute atomic E-state index is 13.2. The molecule has 3 N–H and O–H groups in total. The van der Waals surface area contributed by atoms with Crippen LogP contribution in [-0.2, 0) is 6.42 Å². The second kappa shape index (κ2) is 7.50. The predicted octanol–water partition coefficient (Wildman–Crippen LogP) is 3.08. The minimum atomic E-state index is -0.234. The Kier molecular flexibility index (Phi) is 6.58. The number of nitrogens with two attached hydrogens (primary N) is 1. The fraction of sp³-hybridized carbons (Fsp3) is 0.600. The van der Waals surface area contributed by atoms with Crippen molar-refractivity contribution in [1.29, 1.82) is 0 Å². The first-order chi connectivity index (χ1) is 9.41. The number of likely N-dealkylation sites (N-methyl/N-ethyl adjacent to an activating group) is 1. The summed E-state index contributed by atoms with van der Waals surface area (Å²) in [6.07, 6.45) is 2.73. The molecule has 0 aliphatic rings. The smallest absolute Gasteiger partial charge is 0.124 e. The Morgan fingerprint density at radius 2 is 1.95 bits per heavy atom. The molecule has 0 spiro atoms. The zero-order valence-corrected chi connectivity index (χ0v) is 14.3. The van der Waals surface area contributed by atoms with Crippen LogP contribution in [0.5, 0.6) is 0 Å². The molecule has 0 fully saturated rings. The first-order valence-corrected chi connectivity index (χ1v) is 7.78. The number of nitrogens with zero attached hydrogens (tertiary/aromatic N) is 1. The van der Waals surface area contributed by atoms with Gasteiger partial charge in [-0.05, 0) is 51.1 Å². The summed E-state index contributed by atoms with van der Waals surface area (Å²) in [5, 5.41) is 0. The SMILES string of the molecule is CCC(CC)(C(Cc1ccc(F)cc1Br)NN)N(C)C. The molecular formula is C15H25BrFN3. The van der Waals surface area contributed by atoms with Gasteiger partial charge in [0.2, 0.25) is 0 Å². The summed E-state index contributed by atoms with van der Waals surface area (Å²) in [5.74, 6) is 5.58. The Balaban J connectivity index is 3.06. The van der Waals surface area contributed by atoms with Crippen LogP contribution in [-0.4, -0.2) is 30.6 Å². The largest absolute Gasteiger partial charge is 0.302 e.